The Bertz CT molecular complexity index is 532. The number of halogens is 4. The first-order valence-corrected chi connectivity index (χ1v) is 5.68. The van der Waals surface area contributed by atoms with Crippen LogP contribution in [0.25, 0.3) is 0 Å². The second-order valence-corrected chi connectivity index (χ2v) is 3.93. The van der Waals surface area contributed by atoms with E-state index >= 15 is 0 Å². The Morgan fingerprint density at radius 2 is 1.95 bits per heavy atom. The first-order valence-electron chi connectivity index (χ1n) is 5.68. The molecule has 0 fully saturated rings. The molecule has 0 spiro atoms. The number of ether oxygens (including phenoxy) is 1. The van der Waals surface area contributed by atoms with E-state index in [0.29, 0.717) is 0 Å². The summed E-state index contributed by atoms with van der Waals surface area (Å²) >= 11 is 0. The van der Waals surface area contributed by atoms with E-state index in [9.17, 15) is 27.2 Å². The fourth-order valence-electron chi connectivity index (χ4n) is 1.35. The van der Waals surface area contributed by atoms with Crippen molar-refractivity contribution in [2.75, 3.05) is 25.5 Å². The molecule has 1 aromatic rings. The number of nitrogens with one attached hydrogen (secondary N) is 2. The van der Waals surface area contributed by atoms with Gasteiger partial charge in [-0.05, 0) is 18.2 Å². The number of benzene rings is 1. The molecule has 0 unspecified atom stereocenters. The van der Waals surface area contributed by atoms with Gasteiger partial charge in [-0.25, -0.2) is 9.18 Å². The molecule has 0 bridgehead atoms. The van der Waals surface area contributed by atoms with Crippen LogP contribution in [0.3, 0.4) is 0 Å². The molecule has 0 radical (unpaired) electrons. The van der Waals surface area contributed by atoms with Crippen LogP contribution >= 0.6 is 0 Å². The number of anilines is 1. The summed E-state index contributed by atoms with van der Waals surface area (Å²) in [6.45, 7) is -1.90. The third kappa shape index (κ3) is 5.67. The second-order valence-electron chi connectivity index (χ2n) is 3.93. The highest BCUT2D eigenvalue weighted by molar-refractivity contribution is 5.91. The zero-order valence-corrected chi connectivity index (χ0v) is 10.9. The van der Waals surface area contributed by atoms with Crippen LogP contribution in [-0.4, -0.2) is 38.3 Å². The largest absolute Gasteiger partial charge is 0.465 e. The summed E-state index contributed by atoms with van der Waals surface area (Å²) in [5, 5.41) is 4.13. The van der Waals surface area contributed by atoms with Gasteiger partial charge in [0.1, 0.15) is 12.4 Å². The predicted molar refractivity (Wildman–Crippen MR) is 65.3 cm³/mol. The van der Waals surface area contributed by atoms with Crippen molar-refractivity contribution in [3.8, 4) is 0 Å². The molecular weight excluding hydrogens is 296 g/mol. The lowest BCUT2D eigenvalue weighted by Gasteiger charge is -2.10. The minimum absolute atomic E-state index is 0.193. The van der Waals surface area contributed by atoms with Crippen LogP contribution in [0.2, 0.25) is 0 Å². The van der Waals surface area contributed by atoms with Crippen molar-refractivity contribution >= 4 is 17.6 Å². The lowest BCUT2D eigenvalue weighted by atomic mass is 10.2. The van der Waals surface area contributed by atoms with Crippen molar-refractivity contribution in [3.63, 3.8) is 0 Å². The fraction of sp³-hybridized carbons (Fsp3) is 0.333. The summed E-state index contributed by atoms with van der Waals surface area (Å²) in [6, 6.07) is 3.30. The van der Waals surface area contributed by atoms with Gasteiger partial charge < -0.3 is 15.4 Å². The molecule has 1 aromatic carbocycles. The van der Waals surface area contributed by atoms with E-state index in [1.165, 1.54) is 6.07 Å². The SMILES string of the molecule is COC(=O)c1cc(NCC(=O)NCC(F)(F)F)ccc1F. The molecule has 0 aliphatic heterocycles. The standard InChI is InChI=1S/C12H12F4N2O3/c1-21-11(20)8-4-7(2-3-9(8)13)17-5-10(19)18-6-12(14,15)16/h2-4,17H,5-6H2,1H3,(H,18,19). The maximum absolute atomic E-state index is 13.3. The van der Waals surface area contributed by atoms with Crippen LogP contribution in [-0.2, 0) is 9.53 Å². The number of hydrogen-bond donors (Lipinski definition) is 2. The quantitative estimate of drug-likeness (QED) is 0.642. The van der Waals surface area contributed by atoms with Gasteiger partial charge in [0.15, 0.2) is 0 Å². The average Bonchev–Trinajstić information content (AvgIpc) is 2.42. The second kappa shape index (κ2) is 6.91. The zero-order valence-electron chi connectivity index (χ0n) is 10.9. The first kappa shape index (κ1) is 16.7. The number of alkyl halides is 3. The molecule has 0 aliphatic carbocycles. The number of carbonyl (C=O) groups is 2. The number of rotatable bonds is 5. The molecular formula is C12H12F4N2O3. The van der Waals surface area contributed by atoms with E-state index < -0.39 is 37.0 Å². The van der Waals surface area contributed by atoms with Gasteiger partial charge in [0.2, 0.25) is 5.91 Å². The lowest BCUT2D eigenvalue weighted by Crippen LogP contribution is -2.37. The normalized spacial score (nSPS) is 10.9. The van der Waals surface area contributed by atoms with Gasteiger partial charge in [0.05, 0.1) is 19.2 Å². The number of methoxy groups -OCH3 is 1. The molecule has 9 heteroatoms. The molecule has 1 rings (SSSR count). The number of hydrogen-bond acceptors (Lipinski definition) is 4. The van der Waals surface area contributed by atoms with Crippen molar-refractivity contribution in [1.29, 1.82) is 0 Å². The molecule has 2 N–H and O–H groups in total. The summed E-state index contributed by atoms with van der Waals surface area (Å²) in [5.74, 6) is -2.61. The third-order valence-corrected chi connectivity index (χ3v) is 2.31. The van der Waals surface area contributed by atoms with Gasteiger partial charge in [0.25, 0.3) is 0 Å². The Hall–Kier alpha value is -2.32. The molecule has 0 heterocycles. The van der Waals surface area contributed by atoms with Crippen molar-refractivity contribution in [1.82, 2.24) is 5.32 Å². The highest BCUT2D eigenvalue weighted by Crippen LogP contribution is 2.15. The summed E-state index contributed by atoms with van der Waals surface area (Å²) < 4.78 is 53.3. The summed E-state index contributed by atoms with van der Waals surface area (Å²) in [5.41, 5.74) is -0.155. The predicted octanol–water partition coefficient (Wildman–Crippen LogP) is 1.70. The van der Waals surface area contributed by atoms with E-state index in [0.717, 1.165) is 19.2 Å². The molecule has 21 heavy (non-hydrogen) atoms. The number of amides is 1. The van der Waals surface area contributed by atoms with E-state index in [1.54, 1.807) is 5.32 Å². The van der Waals surface area contributed by atoms with E-state index in [2.05, 4.69) is 10.1 Å². The van der Waals surface area contributed by atoms with E-state index in [-0.39, 0.29) is 11.3 Å². The van der Waals surface area contributed by atoms with Gasteiger partial charge in [-0.15, -0.1) is 0 Å². The van der Waals surface area contributed by atoms with Crippen molar-refractivity contribution in [2.45, 2.75) is 6.18 Å². The first-order chi connectivity index (χ1) is 9.73. The highest BCUT2D eigenvalue weighted by atomic mass is 19.4. The zero-order chi connectivity index (χ0) is 16.0. The van der Waals surface area contributed by atoms with Crippen LogP contribution in [0, 0.1) is 5.82 Å². The van der Waals surface area contributed by atoms with E-state index in [4.69, 9.17) is 0 Å². The molecule has 1 amide bonds. The van der Waals surface area contributed by atoms with Crippen molar-refractivity contribution in [2.24, 2.45) is 0 Å². The van der Waals surface area contributed by atoms with Gasteiger partial charge in [-0.3, -0.25) is 4.79 Å². The molecule has 0 aliphatic rings. The summed E-state index contributed by atoms with van der Waals surface area (Å²) in [4.78, 5) is 22.4. The molecule has 0 saturated heterocycles. The monoisotopic (exact) mass is 308 g/mol. The molecule has 0 atom stereocenters. The Morgan fingerprint density at radius 1 is 1.29 bits per heavy atom. The van der Waals surface area contributed by atoms with Crippen LogP contribution in [0.5, 0.6) is 0 Å². The minimum atomic E-state index is -4.50. The lowest BCUT2D eigenvalue weighted by molar-refractivity contribution is -0.137. The molecule has 0 aromatic heterocycles. The Morgan fingerprint density at radius 3 is 2.52 bits per heavy atom. The Kier molecular flexibility index (Phi) is 5.51. The Balaban J connectivity index is 2.60. The third-order valence-electron chi connectivity index (χ3n) is 2.31. The van der Waals surface area contributed by atoms with Crippen LogP contribution in [0.1, 0.15) is 10.4 Å². The molecule has 0 saturated carbocycles. The van der Waals surface area contributed by atoms with E-state index in [1.807, 2.05) is 0 Å². The van der Waals surface area contributed by atoms with Gasteiger partial charge in [-0.2, -0.15) is 13.2 Å². The summed E-state index contributed by atoms with van der Waals surface area (Å²) in [6.07, 6.45) is -4.50. The van der Waals surface area contributed by atoms with Crippen molar-refractivity contribution in [3.05, 3.63) is 29.6 Å². The maximum atomic E-state index is 13.3. The fourth-order valence-corrected chi connectivity index (χ4v) is 1.35. The highest BCUT2D eigenvalue weighted by Gasteiger charge is 2.27. The van der Waals surface area contributed by atoms with Gasteiger partial charge in [0, 0.05) is 5.69 Å². The van der Waals surface area contributed by atoms with Crippen LogP contribution in [0.15, 0.2) is 18.2 Å². The maximum Gasteiger partial charge on any atom is 0.405 e. The average molecular weight is 308 g/mol. The topological polar surface area (TPSA) is 67.4 Å². The van der Waals surface area contributed by atoms with Crippen LogP contribution in [0.4, 0.5) is 23.2 Å². The Labute approximate surface area is 117 Å². The number of esters is 1. The minimum Gasteiger partial charge on any atom is -0.465 e. The van der Waals surface area contributed by atoms with Crippen molar-refractivity contribution < 1.29 is 31.9 Å². The van der Waals surface area contributed by atoms with Gasteiger partial charge in [-0.1, -0.05) is 0 Å². The smallest absolute Gasteiger partial charge is 0.405 e. The molecule has 5 nitrogen and oxygen atoms in total. The molecule has 116 valence electrons. The van der Waals surface area contributed by atoms with Gasteiger partial charge >= 0.3 is 12.1 Å². The number of carbonyl (C=O) groups excluding carboxylic acids is 2. The van der Waals surface area contributed by atoms with Crippen LogP contribution < -0.4 is 10.6 Å². The summed E-state index contributed by atoms with van der Waals surface area (Å²) in [7, 11) is 1.08.